The summed E-state index contributed by atoms with van der Waals surface area (Å²) in [6, 6.07) is 55.3. The molecule has 8 aromatic rings. The minimum atomic E-state index is 0.893. The molecule has 0 amide bonds. The van der Waals surface area contributed by atoms with Crippen LogP contribution < -0.4 is 0 Å². The molecule has 0 atom stereocenters. The van der Waals surface area contributed by atoms with Crippen molar-refractivity contribution in [3.63, 3.8) is 0 Å². The van der Waals surface area contributed by atoms with Gasteiger partial charge in [0.05, 0.1) is 16.9 Å². The zero-order chi connectivity index (χ0) is 30.7. The van der Waals surface area contributed by atoms with Crippen LogP contribution in [0.4, 0.5) is 0 Å². The van der Waals surface area contributed by atoms with E-state index in [0.717, 1.165) is 55.7 Å². The summed E-state index contributed by atoms with van der Waals surface area (Å²) < 4.78 is 0. The molecular weight excluding hydrogens is 558 g/mol. The van der Waals surface area contributed by atoms with Crippen LogP contribution in [0.25, 0.3) is 77.9 Å². The average molecular weight is 588 g/mol. The Balaban J connectivity index is 1.27. The molecule has 0 aliphatic carbocycles. The second-order valence-corrected chi connectivity index (χ2v) is 11.4. The molecule has 8 rings (SSSR count). The van der Waals surface area contributed by atoms with Gasteiger partial charge in [-0.2, -0.15) is 0 Å². The number of hydrogen-bond donors (Lipinski definition) is 0. The Kier molecular flexibility index (Phi) is 7.18. The summed E-state index contributed by atoms with van der Waals surface area (Å²) >= 11 is 0. The van der Waals surface area contributed by atoms with E-state index in [2.05, 4.69) is 145 Å². The highest BCUT2D eigenvalue weighted by Crippen LogP contribution is 2.36. The maximum Gasteiger partial charge on any atom is 0.0717 e. The molecule has 0 aliphatic rings. The van der Waals surface area contributed by atoms with Gasteiger partial charge in [-0.3, -0.25) is 9.97 Å². The van der Waals surface area contributed by atoms with Crippen LogP contribution >= 0.6 is 0 Å². The molecule has 3 heterocycles. The lowest BCUT2D eigenvalue weighted by molar-refractivity contribution is 1.28. The first-order valence-corrected chi connectivity index (χ1v) is 15.4. The molecule has 0 aliphatic heterocycles. The first-order chi connectivity index (χ1) is 22.8. The van der Waals surface area contributed by atoms with Gasteiger partial charge in [0.2, 0.25) is 0 Å². The summed E-state index contributed by atoms with van der Waals surface area (Å²) in [6.07, 6.45) is 5.59. The van der Waals surface area contributed by atoms with Crippen LogP contribution in [-0.2, 0) is 0 Å². The Bertz CT molecular complexity index is 2280. The Morgan fingerprint density at radius 1 is 0.348 bits per heavy atom. The molecule has 5 aromatic carbocycles. The van der Waals surface area contributed by atoms with Crippen molar-refractivity contribution in [2.45, 2.75) is 0 Å². The summed E-state index contributed by atoms with van der Waals surface area (Å²) in [5, 5.41) is 1.08. The largest absolute Gasteiger partial charge is 0.264 e. The van der Waals surface area contributed by atoms with Gasteiger partial charge in [0.25, 0.3) is 0 Å². The van der Waals surface area contributed by atoms with Gasteiger partial charge in [0, 0.05) is 40.7 Å². The lowest BCUT2D eigenvalue weighted by Crippen LogP contribution is -1.93. The number of nitrogens with zero attached hydrogens (tertiary/aromatic N) is 3. The molecule has 0 saturated heterocycles. The van der Waals surface area contributed by atoms with Crippen LogP contribution in [-0.4, -0.2) is 15.0 Å². The normalized spacial score (nSPS) is 11.0. The SMILES string of the molecule is c1ccc(-c2cccc(-c3ccc4nc(-c5cccc(-c6ccccc6)c5)cc(-c5ccc(-c6cccnc6)nc5)c4c3)c2)cc1. The number of hydrogen-bond acceptors (Lipinski definition) is 3. The molecule has 3 heteroatoms. The van der Waals surface area contributed by atoms with Gasteiger partial charge < -0.3 is 0 Å². The standard InChI is InChI=1S/C43H29N3/c1-3-10-30(11-4-1)32-14-7-16-34(24-32)35-19-22-42-40(26-35)39(37-20-21-41(45-29-37)38-18-9-23-44-28-38)27-43(46-42)36-17-8-15-33(25-36)31-12-5-2-6-13-31/h1-29H. The van der Waals surface area contributed by atoms with Crippen molar-refractivity contribution in [2.24, 2.45) is 0 Å². The second kappa shape index (κ2) is 12.1. The molecule has 216 valence electrons. The maximum atomic E-state index is 5.20. The summed E-state index contributed by atoms with van der Waals surface area (Å²) in [5.41, 5.74) is 14.0. The number of rotatable bonds is 6. The Morgan fingerprint density at radius 3 is 1.59 bits per heavy atom. The van der Waals surface area contributed by atoms with E-state index >= 15 is 0 Å². The fourth-order valence-electron chi connectivity index (χ4n) is 6.03. The quantitative estimate of drug-likeness (QED) is 0.194. The molecule has 3 aromatic heterocycles. The van der Waals surface area contributed by atoms with Crippen LogP contribution in [0, 0.1) is 0 Å². The third-order valence-electron chi connectivity index (χ3n) is 8.41. The zero-order valence-electron chi connectivity index (χ0n) is 25.1. The van der Waals surface area contributed by atoms with Crippen LogP contribution in [0.2, 0.25) is 0 Å². The van der Waals surface area contributed by atoms with E-state index in [4.69, 9.17) is 9.97 Å². The maximum absolute atomic E-state index is 5.20. The van der Waals surface area contributed by atoms with Crippen molar-refractivity contribution in [1.29, 1.82) is 0 Å². The highest BCUT2D eigenvalue weighted by molar-refractivity contribution is 5.99. The van der Waals surface area contributed by atoms with Gasteiger partial charge in [0.1, 0.15) is 0 Å². The van der Waals surface area contributed by atoms with Gasteiger partial charge in [-0.15, -0.1) is 0 Å². The van der Waals surface area contributed by atoms with Crippen LogP contribution in [0.5, 0.6) is 0 Å². The molecule has 0 unspecified atom stereocenters. The zero-order valence-corrected chi connectivity index (χ0v) is 25.1. The number of pyridine rings is 3. The van der Waals surface area contributed by atoms with Gasteiger partial charge in [-0.25, -0.2) is 4.98 Å². The second-order valence-electron chi connectivity index (χ2n) is 11.4. The van der Waals surface area contributed by atoms with Crippen molar-refractivity contribution in [2.75, 3.05) is 0 Å². The molecule has 46 heavy (non-hydrogen) atoms. The lowest BCUT2D eigenvalue weighted by atomic mass is 9.94. The van der Waals surface area contributed by atoms with Gasteiger partial charge in [-0.05, 0) is 87.5 Å². The first kappa shape index (κ1) is 27.4. The third-order valence-corrected chi connectivity index (χ3v) is 8.41. The van der Waals surface area contributed by atoms with E-state index < -0.39 is 0 Å². The monoisotopic (exact) mass is 587 g/mol. The molecule has 0 fully saturated rings. The van der Waals surface area contributed by atoms with Gasteiger partial charge in [0.15, 0.2) is 0 Å². The fraction of sp³-hybridized carbons (Fsp3) is 0. The summed E-state index contributed by atoms with van der Waals surface area (Å²) in [5.74, 6) is 0. The lowest BCUT2D eigenvalue weighted by Gasteiger charge is -2.14. The molecular formula is C43H29N3. The van der Waals surface area contributed by atoms with E-state index in [0.29, 0.717) is 0 Å². The van der Waals surface area contributed by atoms with Crippen molar-refractivity contribution < 1.29 is 0 Å². The molecule has 0 N–H and O–H groups in total. The summed E-state index contributed by atoms with van der Waals surface area (Å²) in [4.78, 5) is 14.3. The van der Waals surface area contributed by atoms with Crippen LogP contribution in [0.3, 0.4) is 0 Å². The molecule has 0 bridgehead atoms. The summed E-state index contributed by atoms with van der Waals surface area (Å²) in [7, 11) is 0. The van der Waals surface area contributed by atoms with Crippen molar-refractivity contribution in [1.82, 2.24) is 15.0 Å². The van der Waals surface area contributed by atoms with E-state index in [9.17, 15) is 0 Å². The van der Waals surface area contributed by atoms with Crippen molar-refractivity contribution in [3.05, 3.63) is 176 Å². The highest BCUT2D eigenvalue weighted by Gasteiger charge is 2.13. The molecule has 3 nitrogen and oxygen atoms in total. The summed E-state index contributed by atoms with van der Waals surface area (Å²) in [6.45, 7) is 0. The first-order valence-electron chi connectivity index (χ1n) is 15.4. The smallest absolute Gasteiger partial charge is 0.0717 e. The molecule has 0 radical (unpaired) electrons. The van der Waals surface area contributed by atoms with Crippen molar-refractivity contribution >= 4 is 10.9 Å². The minimum absolute atomic E-state index is 0.893. The van der Waals surface area contributed by atoms with E-state index in [-0.39, 0.29) is 0 Å². The Hall–Kier alpha value is -6.19. The molecule has 0 saturated carbocycles. The minimum Gasteiger partial charge on any atom is -0.264 e. The number of aromatic nitrogens is 3. The Labute approximate surface area is 268 Å². The predicted molar refractivity (Wildman–Crippen MR) is 190 cm³/mol. The Morgan fingerprint density at radius 2 is 0.935 bits per heavy atom. The number of benzene rings is 5. The highest BCUT2D eigenvalue weighted by atomic mass is 14.7. The van der Waals surface area contributed by atoms with Crippen LogP contribution in [0.1, 0.15) is 0 Å². The number of fused-ring (bicyclic) bond motifs is 1. The molecule has 0 spiro atoms. The van der Waals surface area contributed by atoms with Crippen molar-refractivity contribution in [3.8, 4) is 67.0 Å². The van der Waals surface area contributed by atoms with E-state index in [1.165, 1.54) is 22.3 Å². The topological polar surface area (TPSA) is 38.7 Å². The van der Waals surface area contributed by atoms with Gasteiger partial charge >= 0.3 is 0 Å². The van der Waals surface area contributed by atoms with E-state index in [1.807, 2.05) is 30.6 Å². The predicted octanol–water partition coefficient (Wildman–Crippen LogP) is 11.0. The van der Waals surface area contributed by atoms with Gasteiger partial charge in [-0.1, -0.05) is 109 Å². The third kappa shape index (κ3) is 5.47. The van der Waals surface area contributed by atoms with Crippen LogP contribution in [0.15, 0.2) is 176 Å². The van der Waals surface area contributed by atoms with E-state index in [1.54, 1.807) is 6.20 Å². The fourth-order valence-corrected chi connectivity index (χ4v) is 6.03. The average Bonchev–Trinajstić information content (AvgIpc) is 3.15.